The van der Waals surface area contributed by atoms with E-state index in [9.17, 15) is 4.79 Å². The largest absolute Gasteiger partial charge is 0.356 e. The van der Waals surface area contributed by atoms with E-state index in [0.29, 0.717) is 11.5 Å². The lowest BCUT2D eigenvalue weighted by molar-refractivity contribution is 0.0950. The van der Waals surface area contributed by atoms with Crippen LogP contribution in [0.1, 0.15) is 32.5 Å². The highest BCUT2D eigenvalue weighted by Gasteiger charge is 2.40. The van der Waals surface area contributed by atoms with Crippen molar-refractivity contribution in [3.8, 4) is 11.3 Å². The fourth-order valence-electron chi connectivity index (χ4n) is 4.05. The monoisotopic (exact) mass is 411 g/mol. The third kappa shape index (κ3) is 4.58. The van der Waals surface area contributed by atoms with Gasteiger partial charge in [0.05, 0.1) is 5.69 Å². The number of amides is 1. The van der Waals surface area contributed by atoms with Crippen molar-refractivity contribution in [2.24, 2.45) is 5.92 Å². The highest BCUT2D eigenvalue weighted by molar-refractivity contribution is 5.95. The smallest absolute Gasteiger partial charge is 0.251 e. The molecular formula is C27H29N3O. The fraction of sp³-hybridized carbons (Fsp3) is 0.185. The van der Waals surface area contributed by atoms with Crippen molar-refractivity contribution >= 4 is 17.3 Å². The van der Waals surface area contributed by atoms with E-state index >= 15 is 0 Å². The number of aromatic nitrogens is 1. The van der Waals surface area contributed by atoms with Gasteiger partial charge in [-0.15, -0.1) is 0 Å². The van der Waals surface area contributed by atoms with E-state index in [4.69, 9.17) is 0 Å². The molecule has 2 N–H and O–H groups in total. The summed E-state index contributed by atoms with van der Waals surface area (Å²) in [6.45, 7) is 0. The minimum atomic E-state index is -0.0120. The number of nitrogens with zero attached hydrogens (tertiary/aromatic N) is 1. The van der Waals surface area contributed by atoms with Crippen LogP contribution in [0.3, 0.4) is 0 Å². The normalized spacial score (nSPS) is 19.4. The maximum absolute atomic E-state index is 12.7. The van der Waals surface area contributed by atoms with Crippen molar-refractivity contribution in [2.75, 3.05) is 5.32 Å². The predicted octanol–water partition coefficient (Wildman–Crippen LogP) is 6.38. The first-order valence-electron chi connectivity index (χ1n) is 10.8. The van der Waals surface area contributed by atoms with Gasteiger partial charge in [0.2, 0.25) is 0 Å². The summed E-state index contributed by atoms with van der Waals surface area (Å²) in [7, 11) is 0. The van der Waals surface area contributed by atoms with Gasteiger partial charge in [-0.05, 0) is 67.3 Å². The standard InChI is InChI=1S/C27H25N3O.2H2/c31-27(30-26-18-24(26)19-7-2-1-3-8-19)21-9-6-10-23(17-21)29-22-14-12-20(13-15-22)25-11-4-5-16-28-25;;/h2,4-17,24,26,29H,1,3,18H2,(H,30,31);2*1H/t24-,26+;;/m0../s1. The maximum Gasteiger partial charge on any atom is 0.251 e. The molecule has 0 bridgehead atoms. The van der Waals surface area contributed by atoms with Crippen LogP contribution in [-0.2, 0) is 0 Å². The van der Waals surface area contributed by atoms with Gasteiger partial charge < -0.3 is 10.6 Å². The zero-order chi connectivity index (χ0) is 21.0. The van der Waals surface area contributed by atoms with Gasteiger partial charge >= 0.3 is 0 Å². The Hall–Kier alpha value is -3.66. The van der Waals surface area contributed by atoms with Crippen LogP contribution in [0.25, 0.3) is 11.3 Å². The molecule has 2 aliphatic carbocycles. The van der Waals surface area contributed by atoms with E-state index in [1.807, 2.05) is 66.7 Å². The Morgan fingerprint density at radius 1 is 0.968 bits per heavy atom. The number of hydrogen-bond donors (Lipinski definition) is 2. The van der Waals surface area contributed by atoms with Gasteiger partial charge in [0, 0.05) is 43.5 Å². The van der Waals surface area contributed by atoms with Crippen molar-refractivity contribution in [1.82, 2.24) is 10.3 Å². The number of rotatable bonds is 6. The molecule has 0 saturated heterocycles. The first-order chi connectivity index (χ1) is 15.3. The summed E-state index contributed by atoms with van der Waals surface area (Å²) in [5.41, 5.74) is 5.93. The molecule has 2 atom stereocenters. The van der Waals surface area contributed by atoms with Crippen molar-refractivity contribution in [3.05, 3.63) is 102 Å². The van der Waals surface area contributed by atoms with Gasteiger partial charge in [0.15, 0.2) is 0 Å². The zero-order valence-electron chi connectivity index (χ0n) is 17.3. The Labute approximate surface area is 185 Å². The second-order valence-corrected chi connectivity index (χ2v) is 8.10. The van der Waals surface area contributed by atoms with Gasteiger partial charge in [0.25, 0.3) is 5.91 Å². The Balaban J connectivity index is 0.00000153. The van der Waals surface area contributed by atoms with Crippen molar-refractivity contribution in [1.29, 1.82) is 0 Å². The lowest BCUT2D eigenvalue weighted by atomic mass is 10.0. The third-order valence-corrected chi connectivity index (χ3v) is 5.82. The second-order valence-electron chi connectivity index (χ2n) is 8.10. The summed E-state index contributed by atoms with van der Waals surface area (Å²) in [6, 6.07) is 21.9. The minimum Gasteiger partial charge on any atom is -0.356 e. The molecule has 1 heterocycles. The van der Waals surface area contributed by atoms with Crippen molar-refractivity contribution in [3.63, 3.8) is 0 Å². The van der Waals surface area contributed by atoms with E-state index in [-0.39, 0.29) is 14.8 Å². The van der Waals surface area contributed by atoms with Crippen LogP contribution in [-0.4, -0.2) is 16.9 Å². The number of benzene rings is 2. The summed E-state index contributed by atoms with van der Waals surface area (Å²) in [6.07, 6.45) is 11.8. The van der Waals surface area contributed by atoms with Gasteiger partial charge in [-0.3, -0.25) is 9.78 Å². The number of nitrogens with one attached hydrogen (secondary N) is 2. The van der Waals surface area contributed by atoms with Crippen LogP contribution in [0.5, 0.6) is 0 Å². The van der Waals surface area contributed by atoms with E-state index in [1.165, 1.54) is 5.57 Å². The lowest BCUT2D eigenvalue weighted by Gasteiger charge is -2.10. The van der Waals surface area contributed by atoms with Gasteiger partial charge in [-0.1, -0.05) is 42.5 Å². The zero-order valence-corrected chi connectivity index (χ0v) is 17.3. The maximum atomic E-state index is 12.7. The first-order valence-corrected chi connectivity index (χ1v) is 10.8. The molecular weight excluding hydrogens is 382 g/mol. The second kappa shape index (κ2) is 8.60. The topological polar surface area (TPSA) is 54.0 Å². The number of allylic oxidation sites excluding steroid dienone is 3. The Kier molecular flexibility index (Phi) is 5.36. The number of carbonyl (C=O) groups excluding carboxylic acids is 1. The van der Waals surface area contributed by atoms with E-state index in [1.54, 1.807) is 6.20 Å². The summed E-state index contributed by atoms with van der Waals surface area (Å²) in [5.74, 6) is 0.460. The van der Waals surface area contributed by atoms with Crippen molar-refractivity contribution in [2.45, 2.75) is 25.3 Å². The van der Waals surface area contributed by atoms with Gasteiger partial charge in [-0.2, -0.15) is 0 Å². The fourth-order valence-corrected chi connectivity index (χ4v) is 4.05. The number of carbonyl (C=O) groups is 1. The van der Waals surface area contributed by atoms with Crippen LogP contribution >= 0.6 is 0 Å². The molecule has 31 heavy (non-hydrogen) atoms. The molecule has 2 aliphatic rings. The molecule has 0 aliphatic heterocycles. The van der Waals surface area contributed by atoms with E-state index in [2.05, 4.69) is 33.8 Å². The van der Waals surface area contributed by atoms with E-state index < -0.39 is 0 Å². The molecule has 0 radical (unpaired) electrons. The molecule has 158 valence electrons. The lowest BCUT2D eigenvalue weighted by Crippen LogP contribution is -2.27. The molecule has 0 spiro atoms. The summed E-state index contributed by atoms with van der Waals surface area (Å²) < 4.78 is 0. The van der Waals surface area contributed by atoms with Crippen LogP contribution < -0.4 is 10.6 Å². The van der Waals surface area contributed by atoms with E-state index in [0.717, 1.165) is 41.9 Å². The molecule has 1 aromatic heterocycles. The Morgan fingerprint density at radius 2 is 1.87 bits per heavy atom. The molecule has 1 fully saturated rings. The molecule has 5 rings (SSSR count). The first kappa shape index (κ1) is 19.3. The van der Waals surface area contributed by atoms with Crippen LogP contribution in [0.2, 0.25) is 0 Å². The average molecular weight is 412 g/mol. The highest BCUT2D eigenvalue weighted by Crippen LogP contribution is 2.39. The molecule has 3 aromatic rings. The minimum absolute atomic E-state index is 0. The van der Waals surface area contributed by atoms with Gasteiger partial charge in [-0.25, -0.2) is 0 Å². The summed E-state index contributed by atoms with van der Waals surface area (Å²) >= 11 is 0. The highest BCUT2D eigenvalue weighted by atomic mass is 16.1. The summed E-state index contributed by atoms with van der Waals surface area (Å²) in [5, 5.41) is 6.57. The molecule has 4 nitrogen and oxygen atoms in total. The Bertz CT molecular complexity index is 1140. The predicted molar refractivity (Wildman–Crippen MR) is 129 cm³/mol. The molecule has 0 unspecified atom stereocenters. The number of pyridine rings is 1. The molecule has 2 aromatic carbocycles. The van der Waals surface area contributed by atoms with Crippen molar-refractivity contribution < 1.29 is 7.65 Å². The van der Waals surface area contributed by atoms with Crippen LogP contribution in [0.4, 0.5) is 11.4 Å². The third-order valence-electron chi connectivity index (χ3n) is 5.82. The SMILES string of the molecule is O=C(N[C@@H]1C[C@H]1C1=CCCC=C1)c1cccc(Nc2ccc(-c3ccccn3)cc2)c1.[HH].[HH]. The number of anilines is 2. The van der Waals surface area contributed by atoms with Crippen LogP contribution in [0, 0.1) is 5.92 Å². The van der Waals surface area contributed by atoms with Crippen LogP contribution in [0.15, 0.2) is 96.7 Å². The van der Waals surface area contributed by atoms with Gasteiger partial charge in [0.1, 0.15) is 0 Å². The summed E-state index contributed by atoms with van der Waals surface area (Å²) in [4.78, 5) is 17.1. The molecule has 1 saturated carbocycles. The Morgan fingerprint density at radius 3 is 2.65 bits per heavy atom. The molecule has 1 amide bonds. The average Bonchev–Trinajstić information content (AvgIpc) is 3.60. The quantitative estimate of drug-likeness (QED) is 0.495. The number of hydrogen-bond acceptors (Lipinski definition) is 3. The molecule has 4 heteroatoms.